The number of fused-ring (bicyclic) bond motifs is 1. The number of aromatic nitrogens is 1. The Morgan fingerprint density at radius 3 is 2.65 bits per heavy atom. The third-order valence-electron chi connectivity index (χ3n) is 6.09. The largest absolute Gasteiger partial charge is 0.506 e. The molecule has 204 valence electrons. The van der Waals surface area contributed by atoms with E-state index in [1.54, 1.807) is 56.3 Å². The molecule has 13 heteroatoms. The quantitative estimate of drug-likeness (QED) is 0.128. The molecule has 1 aliphatic rings. The average molecular weight is 783 g/mol. The highest BCUT2D eigenvalue weighted by molar-refractivity contribution is 14.1. The molecule has 0 bridgehead atoms. The highest BCUT2D eigenvalue weighted by Gasteiger charge is 2.35. The summed E-state index contributed by atoms with van der Waals surface area (Å²) in [5.74, 6) is 0.165. The normalized spacial score (nSPS) is 15.1. The highest BCUT2D eigenvalue weighted by atomic mass is 127. The smallest absolute Gasteiger partial charge is 0.338 e. The van der Waals surface area contributed by atoms with Crippen molar-refractivity contribution in [2.45, 2.75) is 19.9 Å². The fourth-order valence-electron chi connectivity index (χ4n) is 4.31. The van der Waals surface area contributed by atoms with Crippen LogP contribution in [-0.2, 0) is 9.53 Å². The van der Waals surface area contributed by atoms with Crippen molar-refractivity contribution in [1.82, 2.24) is 4.57 Å². The van der Waals surface area contributed by atoms with Gasteiger partial charge in [0.1, 0.15) is 23.3 Å². The van der Waals surface area contributed by atoms with E-state index in [9.17, 15) is 24.8 Å². The van der Waals surface area contributed by atoms with Crippen molar-refractivity contribution in [3.05, 3.63) is 108 Å². The summed E-state index contributed by atoms with van der Waals surface area (Å²) in [5.41, 5.74) is 1.27. The zero-order valence-corrected chi connectivity index (χ0v) is 26.0. The number of ether oxygens (including phenoxy) is 1. The first-order chi connectivity index (χ1) is 19.1. The number of aromatic hydroxyl groups is 1. The van der Waals surface area contributed by atoms with Gasteiger partial charge < -0.3 is 14.3 Å². The molecule has 0 spiro atoms. The molecule has 10 nitrogen and oxygen atoms in total. The molecule has 0 aliphatic carbocycles. The van der Waals surface area contributed by atoms with Crippen molar-refractivity contribution in [1.29, 1.82) is 0 Å². The second-order valence-corrected chi connectivity index (χ2v) is 12.0. The van der Waals surface area contributed by atoms with Crippen LogP contribution in [0.3, 0.4) is 0 Å². The van der Waals surface area contributed by atoms with Gasteiger partial charge in [0.2, 0.25) is 0 Å². The third-order valence-corrected chi connectivity index (χ3v) is 8.72. The predicted molar refractivity (Wildman–Crippen MR) is 165 cm³/mol. The van der Waals surface area contributed by atoms with Crippen LogP contribution in [0.2, 0.25) is 0 Å². The molecule has 1 atom stereocenters. The van der Waals surface area contributed by atoms with Crippen LogP contribution in [0, 0.1) is 17.3 Å². The number of hydrogen-bond donors (Lipinski definition) is 1. The number of non-ortho nitro benzene ring substituents is 1. The standard InChI is InChI=1S/C27H19I2N3O7S/c1-3-38-26(35)22-13(2)30-27-31(25(34)21(40-27)11-14-9-17(28)24(33)18(29)10-14)23(22)20-8-7-19(39-20)15-5-4-6-16(12-15)32(36)37/h4-12,23,33H,3H2,1-2H3/b21-11-/t23-/m0/s1. The molecule has 2 aromatic carbocycles. The summed E-state index contributed by atoms with van der Waals surface area (Å²) >= 11 is 5.22. The maximum atomic E-state index is 13.8. The van der Waals surface area contributed by atoms with Crippen LogP contribution >= 0.6 is 56.5 Å². The van der Waals surface area contributed by atoms with Gasteiger partial charge in [0.25, 0.3) is 11.2 Å². The molecule has 0 saturated carbocycles. The van der Waals surface area contributed by atoms with E-state index < -0.39 is 16.9 Å². The van der Waals surface area contributed by atoms with Crippen LogP contribution in [0.1, 0.15) is 31.2 Å². The van der Waals surface area contributed by atoms with E-state index in [2.05, 4.69) is 4.99 Å². The minimum atomic E-state index is -0.968. The SMILES string of the molecule is CCOC(=O)C1=C(C)N=c2s/c(=C\c3cc(I)c(O)c(I)c3)c(=O)n2[C@H]1c1ccc(-c2cccc([N+](=O)[O-])c2)o1. The van der Waals surface area contributed by atoms with E-state index >= 15 is 0 Å². The number of furan rings is 1. The summed E-state index contributed by atoms with van der Waals surface area (Å²) < 4.78 is 14.5. The van der Waals surface area contributed by atoms with Crippen LogP contribution in [0.25, 0.3) is 17.4 Å². The Kier molecular flexibility index (Phi) is 7.96. The number of allylic oxidation sites excluding steroid dienone is 1. The minimum Gasteiger partial charge on any atom is -0.506 e. The van der Waals surface area contributed by atoms with E-state index in [0.717, 1.165) is 5.56 Å². The average Bonchev–Trinajstić information content (AvgIpc) is 3.52. The van der Waals surface area contributed by atoms with Crippen LogP contribution in [-0.4, -0.2) is 27.2 Å². The topological polar surface area (TPSA) is 137 Å². The molecule has 4 aromatic rings. The number of hydrogen-bond acceptors (Lipinski definition) is 9. The van der Waals surface area contributed by atoms with Crippen LogP contribution in [0.5, 0.6) is 5.75 Å². The Hall–Kier alpha value is -3.31. The van der Waals surface area contributed by atoms with Gasteiger partial charge >= 0.3 is 5.97 Å². The second kappa shape index (κ2) is 11.3. The predicted octanol–water partition coefficient (Wildman–Crippen LogP) is 4.88. The first-order valence-electron chi connectivity index (χ1n) is 11.8. The van der Waals surface area contributed by atoms with Gasteiger partial charge in [0.15, 0.2) is 4.80 Å². The summed E-state index contributed by atoms with van der Waals surface area (Å²) in [7, 11) is 0. The number of phenols is 1. The van der Waals surface area contributed by atoms with E-state index in [4.69, 9.17) is 9.15 Å². The molecular formula is C27H19I2N3O7S. The summed E-state index contributed by atoms with van der Waals surface area (Å²) in [5, 5.41) is 21.4. The van der Waals surface area contributed by atoms with Gasteiger partial charge in [0.05, 0.1) is 34.5 Å². The Labute approximate surface area is 257 Å². The monoisotopic (exact) mass is 783 g/mol. The summed E-state index contributed by atoms with van der Waals surface area (Å²) in [6, 6.07) is 11.8. The summed E-state index contributed by atoms with van der Waals surface area (Å²) in [6.07, 6.45) is 1.71. The van der Waals surface area contributed by atoms with Gasteiger partial charge in [-0.3, -0.25) is 19.5 Å². The molecule has 1 N–H and O–H groups in total. The van der Waals surface area contributed by atoms with Crippen molar-refractivity contribution in [2.24, 2.45) is 4.99 Å². The van der Waals surface area contributed by atoms with Crippen LogP contribution in [0.15, 0.2) is 74.0 Å². The molecule has 0 fully saturated rings. The fraction of sp³-hybridized carbons (Fsp3) is 0.148. The molecular weight excluding hydrogens is 764 g/mol. The molecule has 40 heavy (non-hydrogen) atoms. The van der Waals surface area contributed by atoms with Gasteiger partial charge in [-0.1, -0.05) is 23.5 Å². The number of nitro groups is 1. The Bertz CT molecular complexity index is 1880. The molecule has 0 unspecified atom stereocenters. The fourth-order valence-corrected chi connectivity index (χ4v) is 7.17. The van der Waals surface area contributed by atoms with Crippen molar-refractivity contribution in [3.63, 3.8) is 0 Å². The van der Waals surface area contributed by atoms with Crippen molar-refractivity contribution >= 4 is 74.3 Å². The lowest BCUT2D eigenvalue weighted by Gasteiger charge is -2.22. The molecule has 1 aliphatic heterocycles. The highest BCUT2D eigenvalue weighted by Crippen LogP contribution is 2.35. The Morgan fingerprint density at radius 2 is 1.98 bits per heavy atom. The summed E-state index contributed by atoms with van der Waals surface area (Å²) in [4.78, 5) is 42.6. The molecule has 0 saturated heterocycles. The maximum Gasteiger partial charge on any atom is 0.338 e. The molecule has 3 heterocycles. The van der Waals surface area contributed by atoms with Gasteiger partial charge in [0, 0.05) is 17.7 Å². The number of thiazole rings is 1. The number of nitro benzene ring substituents is 1. The van der Waals surface area contributed by atoms with Crippen molar-refractivity contribution in [3.8, 4) is 17.1 Å². The third kappa shape index (κ3) is 5.24. The number of halogens is 2. The van der Waals surface area contributed by atoms with Crippen LogP contribution in [0.4, 0.5) is 5.69 Å². The van der Waals surface area contributed by atoms with Gasteiger partial charge in [-0.2, -0.15) is 0 Å². The number of benzene rings is 2. The second-order valence-electron chi connectivity index (χ2n) is 8.64. The van der Waals surface area contributed by atoms with Crippen molar-refractivity contribution in [2.75, 3.05) is 6.61 Å². The van der Waals surface area contributed by atoms with Crippen molar-refractivity contribution < 1.29 is 24.0 Å². The number of carbonyl (C=O) groups excluding carboxylic acids is 1. The van der Waals surface area contributed by atoms with E-state index in [1.165, 1.54) is 28.0 Å². The Morgan fingerprint density at radius 1 is 1.25 bits per heavy atom. The number of rotatable bonds is 6. The lowest BCUT2D eigenvalue weighted by molar-refractivity contribution is -0.384. The van der Waals surface area contributed by atoms with E-state index in [1.807, 2.05) is 45.2 Å². The lowest BCUT2D eigenvalue weighted by atomic mass is 10.0. The van der Waals surface area contributed by atoms with E-state index in [0.29, 0.717) is 33.5 Å². The lowest BCUT2D eigenvalue weighted by Crippen LogP contribution is -2.39. The maximum absolute atomic E-state index is 13.8. The van der Waals surface area contributed by atoms with Gasteiger partial charge in [-0.25, -0.2) is 9.79 Å². The molecule has 5 rings (SSSR count). The number of carbonyl (C=O) groups is 1. The Balaban J connectivity index is 1.69. The minimum absolute atomic E-state index is 0.0926. The molecule has 2 aromatic heterocycles. The first-order valence-corrected chi connectivity index (χ1v) is 14.8. The number of phenolic OH excluding ortho intramolecular Hbond substituents is 1. The first kappa shape index (κ1) is 28.2. The zero-order valence-electron chi connectivity index (χ0n) is 20.9. The molecule has 0 radical (unpaired) electrons. The number of nitrogens with zero attached hydrogens (tertiary/aromatic N) is 3. The van der Waals surface area contributed by atoms with Gasteiger partial charge in [-0.05, 0) is 94.9 Å². The number of esters is 1. The zero-order chi connectivity index (χ0) is 28.7. The summed E-state index contributed by atoms with van der Waals surface area (Å²) in [6.45, 7) is 3.49. The van der Waals surface area contributed by atoms with E-state index in [-0.39, 0.29) is 34.9 Å². The molecule has 0 amide bonds. The van der Waals surface area contributed by atoms with Gasteiger partial charge in [-0.15, -0.1) is 0 Å². The van der Waals surface area contributed by atoms with Crippen LogP contribution < -0.4 is 14.9 Å².